The molecular formula is C19H16ClN5O5. The van der Waals surface area contributed by atoms with Gasteiger partial charge in [0.15, 0.2) is 11.5 Å². The number of hydrogen-bond acceptors (Lipinski definition) is 7. The summed E-state index contributed by atoms with van der Waals surface area (Å²) in [6, 6.07) is 11.0. The molecule has 0 aliphatic rings. The van der Waals surface area contributed by atoms with Gasteiger partial charge in [0.25, 0.3) is 11.6 Å². The number of amides is 1. The van der Waals surface area contributed by atoms with Gasteiger partial charge < -0.3 is 9.47 Å². The summed E-state index contributed by atoms with van der Waals surface area (Å²) >= 11 is 5.76. The Balaban J connectivity index is 1.71. The number of nitrogens with zero attached hydrogens (tertiary/aromatic N) is 3. The van der Waals surface area contributed by atoms with E-state index in [1.165, 1.54) is 38.6 Å². The van der Waals surface area contributed by atoms with Gasteiger partial charge in [0.05, 0.1) is 31.1 Å². The van der Waals surface area contributed by atoms with Crippen LogP contribution in [0.1, 0.15) is 16.1 Å². The maximum atomic E-state index is 12.3. The molecule has 1 amide bonds. The molecule has 3 aromatic rings. The molecule has 0 bridgehead atoms. The largest absolute Gasteiger partial charge is 0.493 e. The van der Waals surface area contributed by atoms with E-state index in [1.54, 1.807) is 24.3 Å². The molecule has 0 saturated heterocycles. The molecule has 30 heavy (non-hydrogen) atoms. The summed E-state index contributed by atoms with van der Waals surface area (Å²) in [5, 5.41) is 21.5. The van der Waals surface area contributed by atoms with Gasteiger partial charge in [0.2, 0.25) is 0 Å². The van der Waals surface area contributed by atoms with Crippen LogP contribution in [0.3, 0.4) is 0 Å². The van der Waals surface area contributed by atoms with Crippen molar-refractivity contribution >= 4 is 29.4 Å². The van der Waals surface area contributed by atoms with Gasteiger partial charge >= 0.3 is 0 Å². The molecule has 0 spiro atoms. The van der Waals surface area contributed by atoms with Crippen molar-refractivity contribution in [3.05, 3.63) is 68.9 Å². The first-order chi connectivity index (χ1) is 14.4. The molecule has 3 rings (SSSR count). The summed E-state index contributed by atoms with van der Waals surface area (Å²) < 4.78 is 10.5. The Morgan fingerprint density at radius 1 is 1.20 bits per heavy atom. The maximum absolute atomic E-state index is 12.3. The number of rotatable bonds is 7. The molecule has 2 aromatic carbocycles. The molecule has 0 atom stereocenters. The zero-order valence-electron chi connectivity index (χ0n) is 15.9. The van der Waals surface area contributed by atoms with E-state index >= 15 is 0 Å². The molecule has 1 aromatic heterocycles. The molecule has 0 aliphatic heterocycles. The third-order valence-corrected chi connectivity index (χ3v) is 4.37. The number of hydrogen-bond donors (Lipinski definition) is 2. The molecule has 154 valence electrons. The van der Waals surface area contributed by atoms with Gasteiger partial charge in [-0.05, 0) is 30.3 Å². The first-order valence-electron chi connectivity index (χ1n) is 8.48. The van der Waals surface area contributed by atoms with Crippen LogP contribution in [0, 0.1) is 10.1 Å². The van der Waals surface area contributed by atoms with Crippen molar-refractivity contribution in [1.29, 1.82) is 0 Å². The van der Waals surface area contributed by atoms with Crippen molar-refractivity contribution in [1.82, 2.24) is 15.6 Å². The quantitative estimate of drug-likeness (QED) is 0.336. The monoisotopic (exact) mass is 429 g/mol. The number of benzene rings is 2. The molecule has 0 unspecified atom stereocenters. The molecule has 0 radical (unpaired) electrons. The number of ether oxygens (including phenoxy) is 2. The molecule has 1 heterocycles. The fraction of sp³-hybridized carbons (Fsp3) is 0.105. The second-order valence-electron chi connectivity index (χ2n) is 5.90. The average Bonchev–Trinajstić information content (AvgIpc) is 3.24. The topological polar surface area (TPSA) is 132 Å². The number of nitro groups is 1. The molecule has 0 saturated carbocycles. The molecule has 0 fully saturated rings. The number of carbonyl (C=O) groups is 1. The van der Waals surface area contributed by atoms with E-state index in [1.807, 2.05) is 0 Å². The van der Waals surface area contributed by atoms with Gasteiger partial charge in [-0.15, -0.1) is 0 Å². The summed E-state index contributed by atoms with van der Waals surface area (Å²) in [6.45, 7) is 0. The van der Waals surface area contributed by atoms with E-state index in [4.69, 9.17) is 21.1 Å². The van der Waals surface area contributed by atoms with Gasteiger partial charge in [0.1, 0.15) is 10.7 Å². The summed E-state index contributed by atoms with van der Waals surface area (Å²) in [5.74, 6) is 0.575. The number of H-pyrrole nitrogens is 1. The van der Waals surface area contributed by atoms with Gasteiger partial charge in [-0.1, -0.05) is 17.7 Å². The van der Waals surface area contributed by atoms with Crippen LogP contribution in [0.4, 0.5) is 5.69 Å². The molecule has 10 nitrogen and oxygen atoms in total. The first-order valence-corrected chi connectivity index (χ1v) is 8.86. The van der Waals surface area contributed by atoms with Gasteiger partial charge in [-0.3, -0.25) is 20.0 Å². The van der Waals surface area contributed by atoms with Crippen molar-refractivity contribution in [2.75, 3.05) is 14.2 Å². The summed E-state index contributed by atoms with van der Waals surface area (Å²) in [6.07, 6.45) is 1.27. The van der Waals surface area contributed by atoms with Crippen LogP contribution in [0.2, 0.25) is 5.02 Å². The standard InChI is InChI=1S/C19H16ClN5O5/c1-29-17-6-4-12(8-18(17)30-2)14-9-15(23-22-14)19(26)24-21-10-11-3-5-13(20)16(7-11)25(27)28/h3-10H,1-2H3,(H,22,23)(H,24,26)/b21-10-. The van der Waals surface area contributed by atoms with Crippen molar-refractivity contribution in [2.24, 2.45) is 5.10 Å². The predicted molar refractivity (Wildman–Crippen MR) is 110 cm³/mol. The third-order valence-electron chi connectivity index (χ3n) is 4.05. The zero-order chi connectivity index (χ0) is 21.7. The smallest absolute Gasteiger partial charge is 0.289 e. The van der Waals surface area contributed by atoms with Crippen LogP contribution in [0.25, 0.3) is 11.3 Å². The van der Waals surface area contributed by atoms with Crippen LogP contribution in [-0.4, -0.2) is 41.5 Å². The highest BCUT2D eigenvalue weighted by atomic mass is 35.5. The van der Waals surface area contributed by atoms with Gasteiger partial charge in [0, 0.05) is 17.2 Å². The zero-order valence-corrected chi connectivity index (χ0v) is 16.6. The Labute approximate surface area is 175 Å². The number of methoxy groups -OCH3 is 2. The lowest BCUT2D eigenvalue weighted by molar-refractivity contribution is -0.384. The fourth-order valence-electron chi connectivity index (χ4n) is 2.56. The fourth-order valence-corrected chi connectivity index (χ4v) is 2.74. The van der Waals surface area contributed by atoms with Crippen molar-refractivity contribution in [3.8, 4) is 22.8 Å². The lowest BCUT2D eigenvalue weighted by Crippen LogP contribution is -2.18. The van der Waals surface area contributed by atoms with Crippen molar-refractivity contribution in [2.45, 2.75) is 0 Å². The van der Waals surface area contributed by atoms with Crippen LogP contribution in [0.5, 0.6) is 11.5 Å². The highest BCUT2D eigenvalue weighted by molar-refractivity contribution is 6.32. The maximum Gasteiger partial charge on any atom is 0.289 e. The second-order valence-corrected chi connectivity index (χ2v) is 6.31. The molecule has 0 aliphatic carbocycles. The number of carbonyl (C=O) groups excluding carboxylic acids is 1. The Morgan fingerprint density at radius 2 is 1.97 bits per heavy atom. The number of nitro benzene ring substituents is 1. The lowest BCUT2D eigenvalue weighted by Gasteiger charge is -2.08. The lowest BCUT2D eigenvalue weighted by atomic mass is 10.1. The Hall–Kier alpha value is -3.92. The summed E-state index contributed by atoms with van der Waals surface area (Å²) in [4.78, 5) is 22.6. The molecule has 11 heteroatoms. The number of nitrogens with one attached hydrogen (secondary N) is 2. The van der Waals surface area contributed by atoms with E-state index < -0.39 is 10.8 Å². The number of aromatic amines is 1. The highest BCUT2D eigenvalue weighted by Gasteiger charge is 2.14. The van der Waals surface area contributed by atoms with Crippen LogP contribution < -0.4 is 14.9 Å². The van der Waals surface area contributed by atoms with Gasteiger partial charge in [-0.25, -0.2) is 5.43 Å². The highest BCUT2D eigenvalue weighted by Crippen LogP contribution is 2.31. The number of aromatic nitrogens is 2. The third kappa shape index (κ3) is 4.55. The predicted octanol–water partition coefficient (Wildman–Crippen LogP) is 3.42. The minimum absolute atomic E-state index is 0.0151. The first kappa shape index (κ1) is 20.8. The van der Waals surface area contributed by atoms with E-state index in [0.29, 0.717) is 22.8 Å². The number of hydrazone groups is 1. The van der Waals surface area contributed by atoms with Crippen LogP contribution in [-0.2, 0) is 0 Å². The normalized spacial score (nSPS) is 10.8. The number of halogens is 1. The Kier molecular flexibility index (Phi) is 6.28. The second kappa shape index (κ2) is 9.05. The van der Waals surface area contributed by atoms with E-state index in [-0.39, 0.29) is 16.4 Å². The molecular weight excluding hydrogens is 414 g/mol. The minimum Gasteiger partial charge on any atom is -0.493 e. The Bertz CT molecular complexity index is 1130. The van der Waals surface area contributed by atoms with Gasteiger partial charge in [-0.2, -0.15) is 10.2 Å². The Morgan fingerprint density at radius 3 is 2.67 bits per heavy atom. The summed E-state index contributed by atoms with van der Waals surface area (Å²) in [7, 11) is 3.07. The SMILES string of the molecule is COc1ccc(-c2cc(C(=O)N/N=C\c3ccc(Cl)c([N+](=O)[O-])c3)[nH]n2)cc1OC. The van der Waals surface area contributed by atoms with Crippen molar-refractivity contribution in [3.63, 3.8) is 0 Å². The van der Waals surface area contributed by atoms with Crippen LogP contribution in [0.15, 0.2) is 47.6 Å². The van der Waals surface area contributed by atoms with E-state index in [9.17, 15) is 14.9 Å². The van der Waals surface area contributed by atoms with E-state index in [0.717, 1.165) is 5.56 Å². The molecule has 2 N–H and O–H groups in total. The average molecular weight is 430 g/mol. The summed E-state index contributed by atoms with van der Waals surface area (Å²) in [5.41, 5.74) is 3.91. The van der Waals surface area contributed by atoms with E-state index in [2.05, 4.69) is 20.7 Å². The van der Waals surface area contributed by atoms with Crippen molar-refractivity contribution < 1.29 is 19.2 Å². The van der Waals surface area contributed by atoms with Crippen LogP contribution >= 0.6 is 11.6 Å². The minimum atomic E-state index is -0.599.